The number of fused-ring (bicyclic) bond motifs is 1. The summed E-state index contributed by atoms with van der Waals surface area (Å²) in [5.74, 6) is 0.133. The van der Waals surface area contributed by atoms with E-state index in [9.17, 15) is 18.0 Å². The summed E-state index contributed by atoms with van der Waals surface area (Å²) in [6.07, 6.45) is -3.72. The van der Waals surface area contributed by atoms with E-state index in [4.69, 9.17) is 23.2 Å². The second-order valence-electron chi connectivity index (χ2n) is 6.55. The molecular weight excluding hydrogens is 446 g/mol. The van der Waals surface area contributed by atoms with Gasteiger partial charge in [0.2, 0.25) is 0 Å². The number of anilines is 1. The third-order valence-electron chi connectivity index (χ3n) is 4.74. The SMILES string of the molecule is O=C(c1sc2ccccc2c1Cl)N1CCN(c2ncc(C(F)(F)F)cc2Cl)CC1. The number of hydrogen-bond donors (Lipinski definition) is 0. The van der Waals surface area contributed by atoms with Crippen molar-refractivity contribution in [2.24, 2.45) is 0 Å². The number of aromatic nitrogens is 1. The lowest BCUT2D eigenvalue weighted by Gasteiger charge is -2.35. The minimum Gasteiger partial charge on any atom is -0.352 e. The van der Waals surface area contributed by atoms with Crippen LogP contribution in [0.4, 0.5) is 19.0 Å². The summed E-state index contributed by atoms with van der Waals surface area (Å²) in [4.78, 5) is 20.8. The van der Waals surface area contributed by atoms with Crippen LogP contribution in [0.5, 0.6) is 0 Å². The summed E-state index contributed by atoms with van der Waals surface area (Å²) in [6, 6.07) is 8.43. The van der Waals surface area contributed by atoms with Crippen molar-refractivity contribution >= 4 is 56.3 Å². The number of benzene rings is 1. The quantitative estimate of drug-likeness (QED) is 0.501. The minimum atomic E-state index is -4.50. The normalized spacial score (nSPS) is 15.2. The second-order valence-corrected chi connectivity index (χ2v) is 8.39. The molecule has 3 heterocycles. The highest BCUT2D eigenvalue weighted by molar-refractivity contribution is 7.21. The van der Waals surface area contributed by atoms with Gasteiger partial charge in [-0.25, -0.2) is 4.98 Å². The molecule has 1 amide bonds. The first kappa shape index (κ1) is 20.3. The molecule has 0 bridgehead atoms. The van der Waals surface area contributed by atoms with Gasteiger partial charge in [-0.15, -0.1) is 11.3 Å². The molecule has 1 saturated heterocycles. The molecule has 0 atom stereocenters. The fourth-order valence-corrected chi connectivity index (χ4v) is 5.00. The molecule has 152 valence electrons. The summed E-state index contributed by atoms with van der Waals surface area (Å²) in [6.45, 7) is 1.60. The number of amides is 1. The monoisotopic (exact) mass is 459 g/mol. The molecular formula is C19H14Cl2F3N3OS. The number of halogens is 5. The highest BCUT2D eigenvalue weighted by Crippen LogP contribution is 2.37. The van der Waals surface area contributed by atoms with Crippen LogP contribution in [-0.2, 0) is 6.18 Å². The lowest BCUT2D eigenvalue weighted by molar-refractivity contribution is -0.137. The van der Waals surface area contributed by atoms with Gasteiger partial charge in [-0.1, -0.05) is 41.4 Å². The molecule has 2 aromatic heterocycles. The fraction of sp³-hybridized carbons (Fsp3) is 0.263. The van der Waals surface area contributed by atoms with E-state index in [1.54, 1.807) is 9.80 Å². The van der Waals surface area contributed by atoms with E-state index in [1.807, 2.05) is 24.3 Å². The predicted molar refractivity (Wildman–Crippen MR) is 109 cm³/mol. The highest BCUT2D eigenvalue weighted by atomic mass is 35.5. The van der Waals surface area contributed by atoms with Crippen molar-refractivity contribution in [1.82, 2.24) is 9.88 Å². The molecule has 4 rings (SSSR count). The van der Waals surface area contributed by atoms with Gasteiger partial charge >= 0.3 is 6.18 Å². The smallest absolute Gasteiger partial charge is 0.352 e. The molecule has 0 unspecified atom stereocenters. The third kappa shape index (κ3) is 3.89. The Hall–Kier alpha value is -2.03. The number of thiophene rings is 1. The lowest BCUT2D eigenvalue weighted by Crippen LogP contribution is -2.49. The topological polar surface area (TPSA) is 36.4 Å². The standard InChI is InChI=1S/C19H14Cl2F3N3OS/c20-13-9-11(19(22,23)24)10-25-17(13)26-5-7-27(8-6-26)18(28)16-15(21)12-3-1-2-4-14(12)29-16/h1-4,9-10H,5-8H2. The summed E-state index contributed by atoms with van der Waals surface area (Å²) >= 11 is 13.8. The molecule has 1 aliphatic rings. The molecule has 1 fully saturated rings. The van der Waals surface area contributed by atoms with Gasteiger partial charge in [0.05, 0.1) is 15.6 Å². The van der Waals surface area contributed by atoms with E-state index in [2.05, 4.69) is 4.98 Å². The predicted octanol–water partition coefficient (Wildman–Crippen LogP) is 5.58. The minimum absolute atomic E-state index is 0.0628. The molecule has 4 nitrogen and oxygen atoms in total. The van der Waals surface area contributed by atoms with Gasteiger partial charge in [-0.3, -0.25) is 4.79 Å². The first-order valence-electron chi connectivity index (χ1n) is 8.69. The molecule has 0 saturated carbocycles. The number of pyridine rings is 1. The van der Waals surface area contributed by atoms with Gasteiger partial charge in [0.15, 0.2) is 0 Å². The van der Waals surface area contributed by atoms with Gasteiger partial charge in [-0.2, -0.15) is 13.2 Å². The van der Waals surface area contributed by atoms with Crippen LogP contribution in [0, 0.1) is 0 Å². The van der Waals surface area contributed by atoms with Crippen LogP contribution in [0.25, 0.3) is 10.1 Å². The molecule has 1 aromatic carbocycles. The van der Waals surface area contributed by atoms with E-state index >= 15 is 0 Å². The number of carbonyl (C=O) groups is 1. The molecule has 10 heteroatoms. The maximum absolute atomic E-state index is 12.9. The first-order valence-corrected chi connectivity index (χ1v) is 10.3. The van der Waals surface area contributed by atoms with Crippen LogP contribution in [0.15, 0.2) is 36.5 Å². The number of piperazine rings is 1. The average Bonchev–Trinajstić information content (AvgIpc) is 3.04. The number of hydrogen-bond acceptors (Lipinski definition) is 4. The van der Waals surface area contributed by atoms with E-state index in [-0.39, 0.29) is 16.7 Å². The number of alkyl halides is 3. The zero-order valence-electron chi connectivity index (χ0n) is 14.8. The maximum atomic E-state index is 12.9. The van der Waals surface area contributed by atoms with Crippen LogP contribution >= 0.6 is 34.5 Å². The molecule has 3 aromatic rings. The zero-order valence-corrected chi connectivity index (χ0v) is 17.2. The Morgan fingerprint density at radius 2 is 1.79 bits per heavy atom. The fourth-order valence-electron chi connectivity index (χ4n) is 3.23. The number of rotatable bonds is 2. The summed E-state index contributed by atoms with van der Waals surface area (Å²) in [5.41, 5.74) is -0.889. The molecule has 0 radical (unpaired) electrons. The maximum Gasteiger partial charge on any atom is 0.417 e. The Bertz CT molecular complexity index is 1080. The van der Waals surface area contributed by atoms with E-state index in [0.29, 0.717) is 36.1 Å². The van der Waals surface area contributed by atoms with Crippen molar-refractivity contribution in [2.45, 2.75) is 6.18 Å². The number of carbonyl (C=O) groups excluding carboxylic acids is 1. The van der Waals surface area contributed by atoms with Gasteiger partial charge < -0.3 is 9.80 Å². The van der Waals surface area contributed by atoms with Gasteiger partial charge in [-0.05, 0) is 12.1 Å². The van der Waals surface area contributed by atoms with Crippen LogP contribution in [-0.4, -0.2) is 42.0 Å². The van der Waals surface area contributed by atoms with E-state index < -0.39 is 11.7 Å². The lowest BCUT2D eigenvalue weighted by atomic mass is 10.2. The van der Waals surface area contributed by atoms with Crippen molar-refractivity contribution in [3.8, 4) is 0 Å². The number of nitrogens with zero attached hydrogens (tertiary/aromatic N) is 3. The Morgan fingerprint density at radius 3 is 2.41 bits per heavy atom. The first-order chi connectivity index (χ1) is 13.8. The van der Waals surface area contributed by atoms with Crippen molar-refractivity contribution < 1.29 is 18.0 Å². The highest BCUT2D eigenvalue weighted by Gasteiger charge is 2.33. The average molecular weight is 460 g/mol. The Kier molecular flexibility index (Phi) is 5.35. The van der Waals surface area contributed by atoms with Crippen LogP contribution in [0.1, 0.15) is 15.2 Å². The van der Waals surface area contributed by atoms with Crippen molar-refractivity contribution in [3.63, 3.8) is 0 Å². The molecule has 29 heavy (non-hydrogen) atoms. The van der Waals surface area contributed by atoms with Crippen LogP contribution < -0.4 is 4.90 Å². The Balaban J connectivity index is 1.48. The van der Waals surface area contributed by atoms with Crippen molar-refractivity contribution in [3.05, 3.63) is 57.0 Å². The summed E-state index contributed by atoms with van der Waals surface area (Å²) in [7, 11) is 0. The van der Waals surface area contributed by atoms with Crippen molar-refractivity contribution in [2.75, 3.05) is 31.1 Å². The Morgan fingerprint density at radius 1 is 1.10 bits per heavy atom. The molecule has 0 N–H and O–H groups in total. The molecule has 1 aliphatic heterocycles. The van der Waals surface area contributed by atoms with Gasteiger partial charge in [0.1, 0.15) is 10.7 Å². The van der Waals surface area contributed by atoms with Gasteiger partial charge in [0.25, 0.3) is 5.91 Å². The van der Waals surface area contributed by atoms with Crippen LogP contribution in [0.2, 0.25) is 10.0 Å². The summed E-state index contributed by atoms with van der Waals surface area (Å²) < 4.78 is 39.3. The second kappa shape index (κ2) is 7.66. The van der Waals surface area contributed by atoms with E-state index in [0.717, 1.165) is 22.3 Å². The summed E-state index contributed by atoms with van der Waals surface area (Å²) in [5, 5.41) is 1.24. The van der Waals surface area contributed by atoms with Gasteiger partial charge in [0, 0.05) is 42.5 Å². The van der Waals surface area contributed by atoms with Crippen LogP contribution in [0.3, 0.4) is 0 Å². The van der Waals surface area contributed by atoms with E-state index in [1.165, 1.54) is 11.3 Å². The molecule has 0 spiro atoms. The third-order valence-corrected chi connectivity index (χ3v) is 6.69. The largest absolute Gasteiger partial charge is 0.417 e. The van der Waals surface area contributed by atoms with Crippen molar-refractivity contribution in [1.29, 1.82) is 0 Å². The molecule has 0 aliphatic carbocycles. The Labute approximate surface area is 178 Å². The zero-order chi connectivity index (χ0) is 20.8.